The highest BCUT2D eigenvalue weighted by Crippen LogP contribution is 2.21. The van der Waals surface area contributed by atoms with Crippen molar-refractivity contribution in [3.63, 3.8) is 0 Å². The average molecular weight is 367 g/mol. The van der Waals surface area contributed by atoms with Gasteiger partial charge in [0, 0.05) is 16.8 Å². The van der Waals surface area contributed by atoms with Crippen molar-refractivity contribution >= 4 is 23.2 Å². The van der Waals surface area contributed by atoms with Crippen LogP contribution >= 0.6 is 11.6 Å². The normalized spacial score (nSPS) is 10.2. The summed E-state index contributed by atoms with van der Waals surface area (Å²) in [6, 6.07) is 16.0. The Kier molecular flexibility index (Phi) is 5.20. The number of carbonyl (C=O) groups is 1. The van der Waals surface area contributed by atoms with Gasteiger partial charge in [-0.25, -0.2) is 4.68 Å². The van der Waals surface area contributed by atoms with Gasteiger partial charge >= 0.3 is 0 Å². The number of aromatic nitrogens is 2. The van der Waals surface area contributed by atoms with Crippen molar-refractivity contribution in [1.82, 2.24) is 9.78 Å². The van der Waals surface area contributed by atoms with Gasteiger partial charge in [-0.1, -0.05) is 23.7 Å². The lowest BCUT2D eigenvalue weighted by atomic mass is 10.2. The van der Waals surface area contributed by atoms with E-state index in [-0.39, 0.29) is 12.5 Å². The van der Waals surface area contributed by atoms with Crippen LogP contribution in [-0.2, 0) is 0 Å². The number of anilines is 1. The Bertz CT molecular complexity index is 991. The van der Waals surface area contributed by atoms with Crippen LogP contribution in [-0.4, -0.2) is 22.3 Å². The summed E-state index contributed by atoms with van der Waals surface area (Å²) in [4.78, 5) is 12.6. The van der Waals surface area contributed by atoms with E-state index in [1.165, 1.54) is 6.20 Å². The lowest BCUT2D eigenvalue weighted by molar-refractivity contribution is 0.102. The number of carbonyl (C=O) groups excluding carboxylic acids is 1. The van der Waals surface area contributed by atoms with Gasteiger partial charge in [0.1, 0.15) is 11.8 Å². The second-order valence-electron chi connectivity index (χ2n) is 5.46. The zero-order valence-electron chi connectivity index (χ0n) is 13.9. The van der Waals surface area contributed by atoms with Crippen molar-refractivity contribution in [1.29, 1.82) is 5.26 Å². The SMILES string of the molecule is Cc1c(C(=O)Nc2cccc(OCC#N)c2)cnn1-c1cccc(Cl)c1. The van der Waals surface area contributed by atoms with Crippen molar-refractivity contribution in [3.8, 4) is 17.5 Å². The molecule has 1 amide bonds. The van der Waals surface area contributed by atoms with E-state index < -0.39 is 0 Å². The molecule has 1 N–H and O–H groups in total. The minimum absolute atomic E-state index is 0.0527. The predicted octanol–water partition coefficient (Wildman–Crippen LogP) is 3.99. The standard InChI is InChI=1S/C19H15ClN4O2/c1-13-18(12-22-24(13)16-6-2-4-14(20)10-16)19(25)23-15-5-3-7-17(11-15)26-9-8-21/h2-7,10-12H,9H2,1H3,(H,23,25). The third-order valence-corrected chi connectivity index (χ3v) is 3.94. The van der Waals surface area contributed by atoms with Crippen molar-refractivity contribution in [3.05, 3.63) is 71.0 Å². The number of nitrogens with zero attached hydrogens (tertiary/aromatic N) is 3. The number of nitriles is 1. The summed E-state index contributed by atoms with van der Waals surface area (Å²) in [7, 11) is 0. The molecule has 0 aliphatic carbocycles. The number of hydrogen-bond acceptors (Lipinski definition) is 4. The molecule has 0 unspecified atom stereocenters. The molecular formula is C19H15ClN4O2. The largest absolute Gasteiger partial charge is 0.479 e. The van der Waals surface area contributed by atoms with E-state index in [1.54, 1.807) is 41.1 Å². The Hall–Kier alpha value is -3.30. The molecule has 3 aromatic rings. The van der Waals surface area contributed by atoms with Gasteiger partial charge in [-0.05, 0) is 37.3 Å². The second kappa shape index (κ2) is 7.72. The van der Waals surface area contributed by atoms with Crippen LogP contribution < -0.4 is 10.1 Å². The fourth-order valence-electron chi connectivity index (χ4n) is 2.48. The van der Waals surface area contributed by atoms with E-state index >= 15 is 0 Å². The summed E-state index contributed by atoms with van der Waals surface area (Å²) in [5.74, 6) is 0.226. The van der Waals surface area contributed by atoms with Gasteiger partial charge in [-0.15, -0.1) is 0 Å². The van der Waals surface area contributed by atoms with Crippen LogP contribution in [0.2, 0.25) is 5.02 Å². The summed E-state index contributed by atoms with van der Waals surface area (Å²) >= 11 is 6.02. The fourth-order valence-corrected chi connectivity index (χ4v) is 2.66. The van der Waals surface area contributed by atoms with Crippen LogP contribution in [0.4, 0.5) is 5.69 Å². The van der Waals surface area contributed by atoms with Gasteiger partial charge in [0.15, 0.2) is 6.61 Å². The Morgan fingerprint density at radius 1 is 1.31 bits per heavy atom. The van der Waals surface area contributed by atoms with E-state index in [0.717, 1.165) is 5.69 Å². The molecule has 7 heteroatoms. The van der Waals surface area contributed by atoms with Gasteiger partial charge in [-0.3, -0.25) is 4.79 Å². The first-order valence-electron chi connectivity index (χ1n) is 7.80. The molecule has 0 atom stereocenters. The van der Waals surface area contributed by atoms with E-state index in [0.29, 0.717) is 27.7 Å². The molecule has 130 valence electrons. The Labute approximate surface area is 155 Å². The quantitative estimate of drug-likeness (QED) is 0.740. The Morgan fingerprint density at radius 2 is 2.12 bits per heavy atom. The van der Waals surface area contributed by atoms with Crippen LogP contribution in [0.5, 0.6) is 5.75 Å². The molecule has 0 spiro atoms. The Morgan fingerprint density at radius 3 is 2.88 bits per heavy atom. The van der Waals surface area contributed by atoms with Gasteiger partial charge in [-0.2, -0.15) is 10.4 Å². The van der Waals surface area contributed by atoms with Crippen LogP contribution in [0.25, 0.3) is 5.69 Å². The first-order valence-corrected chi connectivity index (χ1v) is 8.18. The van der Waals surface area contributed by atoms with Crippen molar-refractivity contribution in [2.75, 3.05) is 11.9 Å². The van der Waals surface area contributed by atoms with Crippen LogP contribution in [0, 0.1) is 18.3 Å². The summed E-state index contributed by atoms with van der Waals surface area (Å²) in [6.45, 7) is 1.76. The molecular weight excluding hydrogens is 352 g/mol. The van der Waals surface area contributed by atoms with E-state index in [4.69, 9.17) is 21.6 Å². The third kappa shape index (κ3) is 3.85. The van der Waals surface area contributed by atoms with Crippen LogP contribution in [0.3, 0.4) is 0 Å². The molecule has 0 saturated heterocycles. The minimum atomic E-state index is -0.284. The van der Waals surface area contributed by atoms with E-state index in [1.807, 2.05) is 25.1 Å². The summed E-state index contributed by atoms with van der Waals surface area (Å²) in [5, 5.41) is 16.3. The number of rotatable bonds is 5. The number of halogens is 1. The van der Waals surface area contributed by atoms with Crippen LogP contribution in [0.1, 0.15) is 16.1 Å². The molecule has 1 aromatic heterocycles. The first kappa shape index (κ1) is 17.5. The maximum absolute atomic E-state index is 12.6. The fraction of sp³-hybridized carbons (Fsp3) is 0.105. The maximum Gasteiger partial charge on any atom is 0.259 e. The number of nitrogens with one attached hydrogen (secondary N) is 1. The highest BCUT2D eigenvalue weighted by Gasteiger charge is 2.15. The van der Waals surface area contributed by atoms with E-state index in [9.17, 15) is 4.79 Å². The molecule has 1 heterocycles. The van der Waals surface area contributed by atoms with Crippen molar-refractivity contribution in [2.24, 2.45) is 0 Å². The highest BCUT2D eigenvalue weighted by atomic mass is 35.5. The van der Waals surface area contributed by atoms with Gasteiger partial charge < -0.3 is 10.1 Å². The monoisotopic (exact) mass is 366 g/mol. The van der Waals surface area contributed by atoms with Gasteiger partial charge in [0.25, 0.3) is 5.91 Å². The topological polar surface area (TPSA) is 79.9 Å². The zero-order chi connectivity index (χ0) is 18.5. The highest BCUT2D eigenvalue weighted by molar-refractivity contribution is 6.30. The molecule has 3 rings (SSSR count). The summed E-state index contributed by atoms with van der Waals surface area (Å²) in [5.41, 5.74) is 2.50. The first-order chi connectivity index (χ1) is 12.6. The van der Waals surface area contributed by atoms with Crippen molar-refractivity contribution < 1.29 is 9.53 Å². The number of ether oxygens (including phenoxy) is 1. The molecule has 0 bridgehead atoms. The predicted molar refractivity (Wildman–Crippen MR) is 98.8 cm³/mol. The molecule has 0 saturated carbocycles. The molecule has 0 fully saturated rings. The molecule has 0 aliphatic heterocycles. The zero-order valence-corrected chi connectivity index (χ0v) is 14.7. The number of hydrogen-bond donors (Lipinski definition) is 1. The summed E-state index contributed by atoms with van der Waals surface area (Å²) < 4.78 is 6.90. The summed E-state index contributed by atoms with van der Waals surface area (Å²) in [6.07, 6.45) is 1.52. The number of benzene rings is 2. The number of amides is 1. The smallest absolute Gasteiger partial charge is 0.259 e. The second-order valence-corrected chi connectivity index (χ2v) is 5.90. The molecule has 2 aromatic carbocycles. The lowest BCUT2D eigenvalue weighted by Gasteiger charge is -2.08. The van der Waals surface area contributed by atoms with Gasteiger partial charge in [0.05, 0.1) is 23.1 Å². The lowest BCUT2D eigenvalue weighted by Crippen LogP contribution is -2.13. The average Bonchev–Trinajstić information content (AvgIpc) is 3.02. The molecule has 26 heavy (non-hydrogen) atoms. The molecule has 6 nitrogen and oxygen atoms in total. The molecule has 0 aliphatic rings. The van der Waals surface area contributed by atoms with Crippen LogP contribution in [0.15, 0.2) is 54.7 Å². The minimum Gasteiger partial charge on any atom is -0.479 e. The van der Waals surface area contributed by atoms with Gasteiger partial charge in [0.2, 0.25) is 0 Å². The van der Waals surface area contributed by atoms with Crippen molar-refractivity contribution in [2.45, 2.75) is 6.92 Å². The Balaban J connectivity index is 1.80. The third-order valence-electron chi connectivity index (χ3n) is 3.70. The molecule has 0 radical (unpaired) electrons. The maximum atomic E-state index is 12.6. The van der Waals surface area contributed by atoms with E-state index in [2.05, 4.69) is 10.4 Å².